The van der Waals surface area contributed by atoms with Crippen molar-refractivity contribution in [3.05, 3.63) is 96.3 Å². The van der Waals surface area contributed by atoms with Gasteiger partial charge < -0.3 is 33.4 Å². The third kappa shape index (κ3) is 10.8. The third-order valence-corrected chi connectivity index (χ3v) is 16.2. The fourth-order valence-electron chi connectivity index (χ4n) is 6.10. The first kappa shape index (κ1) is 45.3. The lowest BCUT2D eigenvalue weighted by Crippen LogP contribution is -2.39. The third-order valence-electron chi connectivity index (χ3n) is 9.04. The van der Waals surface area contributed by atoms with Crippen molar-refractivity contribution in [2.45, 2.75) is 50.2 Å². The molecule has 0 saturated heterocycles. The van der Waals surface area contributed by atoms with Crippen LogP contribution in [-0.2, 0) is 18.4 Å². The Morgan fingerprint density at radius 1 is 0.776 bits per heavy atom. The van der Waals surface area contributed by atoms with Gasteiger partial charge in [-0.1, -0.05) is 82.4 Å². The van der Waals surface area contributed by atoms with E-state index in [9.17, 15) is 19.3 Å². The number of aliphatic hydroxyl groups is 2. The van der Waals surface area contributed by atoms with Gasteiger partial charge in [0.05, 0.1) is 43.1 Å². The number of hydrogen-bond acceptors (Lipinski definition) is 13. The second kappa shape index (κ2) is 19.2. The molecule has 1 unspecified atom stereocenters. The molecular weight excluding hydrogens is 945 g/mol. The van der Waals surface area contributed by atoms with Crippen molar-refractivity contribution in [3.63, 3.8) is 0 Å². The Balaban J connectivity index is 1.30. The van der Waals surface area contributed by atoms with Gasteiger partial charge in [-0.05, 0) is 60.8 Å². The number of imidazole rings is 1. The molecule has 1 saturated carbocycles. The minimum absolute atomic E-state index is 0.0374. The second-order valence-corrected chi connectivity index (χ2v) is 20.2. The molecule has 1 aliphatic rings. The predicted octanol–water partition coefficient (Wildman–Crippen LogP) is 11.2. The van der Waals surface area contributed by atoms with E-state index in [2.05, 4.69) is 15.0 Å². The number of rotatable bonds is 17. The van der Waals surface area contributed by atoms with Gasteiger partial charge in [-0.3, -0.25) is 9.09 Å². The molecule has 1 aliphatic carbocycles. The van der Waals surface area contributed by atoms with E-state index in [0.29, 0.717) is 11.3 Å². The molecule has 0 bridgehead atoms. The first-order chi connectivity index (χ1) is 27.5. The van der Waals surface area contributed by atoms with Crippen LogP contribution < -0.4 is 18.5 Å². The second-order valence-electron chi connectivity index (χ2n) is 13.0. The van der Waals surface area contributed by atoms with Gasteiger partial charge in [-0.25, -0.2) is 14.1 Å². The summed E-state index contributed by atoms with van der Waals surface area (Å²) < 4.78 is 59.8. The molecule has 2 heterocycles. The van der Waals surface area contributed by atoms with E-state index in [-0.39, 0.29) is 64.4 Å². The first-order valence-electron chi connectivity index (χ1n) is 17.3. The van der Waals surface area contributed by atoms with E-state index in [1.54, 1.807) is 0 Å². The van der Waals surface area contributed by atoms with Crippen LogP contribution in [0.15, 0.2) is 60.9 Å². The average molecular weight is 979 g/mol. The van der Waals surface area contributed by atoms with Gasteiger partial charge >= 0.3 is 15.2 Å². The van der Waals surface area contributed by atoms with E-state index in [4.69, 9.17) is 104 Å². The van der Waals surface area contributed by atoms with E-state index in [1.807, 2.05) is 11.9 Å². The maximum Gasteiger partial charge on any atom is 0.444 e. The quantitative estimate of drug-likeness (QED) is 0.0668. The zero-order chi connectivity index (χ0) is 41.9. The van der Waals surface area contributed by atoms with Gasteiger partial charge in [-0.15, -0.1) is 0 Å². The lowest BCUT2D eigenvalue weighted by molar-refractivity contribution is -0.113. The van der Waals surface area contributed by atoms with Gasteiger partial charge in [0, 0.05) is 38.4 Å². The standard InChI is InChI=1S/C35H34Cl7N5O9P2/c1-46(19-5-3-4-6-19)32-30-33(45-35(42)44-32)47(17-43-30)34(49)31(48)29(52-2)16-53-57(50,54-20-7-10-23(36)26(39)13-20)18-58(51,55-21-8-11-24(37)27(40)14-21)56-22-9-12-25(38)28(41)15-22/h7-15,17,19,29,31,34,48-49H,3-6,16,18H2,1-2H3/t29-,31-,34-,57?/m1/s1. The van der Waals surface area contributed by atoms with Gasteiger partial charge in [0.15, 0.2) is 29.1 Å². The maximum atomic E-state index is 14.9. The summed E-state index contributed by atoms with van der Waals surface area (Å²) in [4.78, 5) is 15.1. The Morgan fingerprint density at radius 2 is 1.28 bits per heavy atom. The molecule has 5 aromatic rings. The number of hydrogen-bond donors (Lipinski definition) is 2. The predicted molar refractivity (Wildman–Crippen MR) is 226 cm³/mol. The van der Waals surface area contributed by atoms with Crippen molar-refractivity contribution >= 4 is 113 Å². The highest BCUT2D eigenvalue weighted by molar-refractivity contribution is 7.72. The maximum absolute atomic E-state index is 14.9. The number of fused-ring (bicyclic) bond motifs is 1. The Hall–Kier alpha value is -2.26. The number of aliphatic hydroxyl groups excluding tert-OH is 2. The van der Waals surface area contributed by atoms with Crippen LogP contribution in [0.25, 0.3) is 11.2 Å². The van der Waals surface area contributed by atoms with Crippen LogP contribution in [0.3, 0.4) is 0 Å². The van der Waals surface area contributed by atoms with Crippen LogP contribution in [-0.4, -0.2) is 74.6 Å². The van der Waals surface area contributed by atoms with E-state index in [1.165, 1.54) is 72.6 Å². The Kier molecular flexibility index (Phi) is 15.0. The summed E-state index contributed by atoms with van der Waals surface area (Å²) in [5.74, 6) is -0.871. The fourth-order valence-corrected chi connectivity index (χ4v) is 11.6. The average Bonchev–Trinajstić information content (AvgIpc) is 3.86. The zero-order valence-corrected chi connectivity index (χ0v) is 37.4. The lowest BCUT2D eigenvalue weighted by atomic mass is 10.2. The number of ether oxygens (including phenoxy) is 1. The molecule has 6 rings (SSSR count). The first-order valence-corrected chi connectivity index (χ1v) is 23.4. The molecule has 3 aromatic carbocycles. The van der Waals surface area contributed by atoms with Gasteiger partial charge in [0.2, 0.25) is 5.28 Å². The molecule has 0 aliphatic heterocycles. The molecule has 58 heavy (non-hydrogen) atoms. The minimum atomic E-state index is -4.75. The largest absolute Gasteiger partial charge is 0.444 e. The van der Waals surface area contributed by atoms with Crippen molar-refractivity contribution in [2.75, 3.05) is 31.6 Å². The Bertz CT molecular complexity index is 2320. The molecular formula is C35H34Cl7N5O9P2. The van der Waals surface area contributed by atoms with Crippen LogP contribution in [0.5, 0.6) is 17.2 Å². The molecule has 2 aromatic heterocycles. The van der Waals surface area contributed by atoms with E-state index in [0.717, 1.165) is 25.7 Å². The molecule has 23 heteroatoms. The smallest absolute Gasteiger partial charge is 0.424 e. The van der Waals surface area contributed by atoms with Gasteiger partial charge in [0.1, 0.15) is 29.5 Å². The highest BCUT2D eigenvalue weighted by atomic mass is 35.5. The van der Waals surface area contributed by atoms with Crippen molar-refractivity contribution < 1.29 is 42.2 Å². The SMILES string of the molecule is CO[C@H](COP(=O)(CP(=O)(Oc1ccc(Cl)c(Cl)c1)Oc1ccc(Cl)c(Cl)c1)Oc1ccc(Cl)c(Cl)c1)[C@@H](O)[C@@H](O)n1cnc2c(N(C)C3CCCC3)nc(Cl)nc21. The fraction of sp³-hybridized carbons (Fsp3) is 0.343. The summed E-state index contributed by atoms with van der Waals surface area (Å²) in [6, 6.07) is 12.2. The molecule has 14 nitrogen and oxygen atoms in total. The number of nitrogens with zero attached hydrogens (tertiary/aromatic N) is 5. The summed E-state index contributed by atoms with van der Waals surface area (Å²) >= 11 is 43.3. The molecule has 0 spiro atoms. The lowest BCUT2D eigenvalue weighted by Gasteiger charge is -2.29. The normalized spacial score (nSPS) is 16.2. The van der Waals surface area contributed by atoms with Crippen LogP contribution in [0.1, 0.15) is 31.9 Å². The minimum Gasteiger partial charge on any atom is -0.424 e. The van der Waals surface area contributed by atoms with Crippen molar-refractivity contribution in [1.29, 1.82) is 0 Å². The van der Waals surface area contributed by atoms with Crippen molar-refractivity contribution in [3.8, 4) is 17.2 Å². The number of aromatic nitrogens is 4. The summed E-state index contributed by atoms with van der Waals surface area (Å²) in [6.45, 7) is -0.717. The number of halogens is 7. The summed E-state index contributed by atoms with van der Waals surface area (Å²) in [6.07, 6.45) is 0.412. The Labute approximate surface area is 368 Å². The van der Waals surface area contributed by atoms with E-state index >= 15 is 0 Å². The Morgan fingerprint density at radius 3 is 1.76 bits per heavy atom. The molecule has 4 atom stereocenters. The highest BCUT2D eigenvalue weighted by Crippen LogP contribution is 2.63. The zero-order valence-electron chi connectivity index (χ0n) is 30.4. The number of benzene rings is 3. The number of anilines is 1. The molecule has 0 radical (unpaired) electrons. The highest BCUT2D eigenvalue weighted by Gasteiger charge is 2.44. The molecule has 1 fully saturated rings. The van der Waals surface area contributed by atoms with Crippen molar-refractivity contribution in [2.24, 2.45) is 0 Å². The number of methoxy groups -OCH3 is 1. The summed E-state index contributed by atoms with van der Waals surface area (Å²) in [7, 11) is -6.33. The van der Waals surface area contributed by atoms with Crippen molar-refractivity contribution in [1.82, 2.24) is 19.5 Å². The monoisotopic (exact) mass is 975 g/mol. The molecule has 2 N–H and O–H groups in total. The summed E-state index contributed by atoms with van der Waals surface area (Å²) in [5, 5.41) is 23.6. The van der Waals surface area contributed by atoms with Gasteiger partial charge in [0.25, 0.3) is 0 Å². The van der Waals surface area contributed by atoms with Crippen LogP contribution in [0.2, 0.25) is 35.4 Å². The topological polar surface area (TPSA) is 168 Å². The van der Waals surface area contributed by atoms with Crippen LogP contribution in [0, 0.1) is 0 Å². The molecule has 0 amide bonds. The summed E-state index contributed by atoms with van der Waals surface area (Å²) in [5.41, 5.74) is 0.477. The van der Waals surface area contributed by atoms with Gasteiger partial charge in [-0.2, -0.15) is 9.97 Å². The van der Waals surface area contributed by atoms with Crippen LogP contribution >= 0.6 is 96.4 Å². The molecule has 312 valence electrons. The van der Waals surface area contributed by atoms with E-state index < -0.39 is 46.1 Å². The van der Waals surface area contributed by atoms with Crippen LogP contribution in [0.4, 0.5) is 5.82 Å².